The molecular formula is C15H20F3N. The van der Waals surface area contributed by atoms with Crippen molar-refractivity contribution in [1.82, 2.24) is 5.32 Å². The Balaban J connectivity index is 1.81. The molecular weight excluding hydrogens is 251 g/mol. The van der Waals surface area contributed by atoms with E-state index in [1.807, 2.05) is 0 Å². The maximum atomic E-state index is 12.4. The van der Waals surface area contributed by atoms with Crippen LogP contribution in [0, 0.1) is 5.92 Å². The molecule has 0 saturated heterocycles. The zero-order valence-corrected chi connectivity index (χ0v) is 11.1. The van der Waals surface area contributed by atoms with Crippen LogP contribution in [-0.2, 0) is 12.6 Å². The normalized spacial score (nSPS) is 18.1. The van der Waals surface area contributed by atoms with Crippen LogP contribution in [0.5, 0.6) is 0 Å². The Labute approximate surface area is 112 Å². The van der Waals surface area contributed by atoms with Crippen molar-refractivity contribution in [3.05, 3.63) is 35.4 Å². The first-order chi connectivity index (χ1) is 8.95. The number of benzene rings is 1. The highest BCUT2D eigenvalue weighted by Crippen LogP contribution is 2.29. The van der Waals surface area contributed by atoms with Crippen LogP contribution in [0.15, 0.2) is 24.3 Å². The summed E-state index contributed by atoms with van der Waals surface area (Å²) in [6.07, 6.45) is 0.402. The average Bonchev–Trinajstić information content (AvgIpc) is 2.26. The third-order valence-electron chi connectivity index (χ3n) is 3.73. The molecule has 1 aliphatic rings. The van der Waals surface area contributed by atoms with Crippen molar-refractivity contribution < 1.29 is 13.2 Å². The second-order valence-corrected chi connectivity index (χ2v) is 5.54. The average molecular weight is 271 g/mol. The van der Waals surface area contributed by atoms with Gasteiger partial charge in [0.1, 0.15) is 0 Å². The van der Waals surface area contributed by atoms with Crippen LogP contribution in [0.3, 0.4) is 0 Å². The van der Waals surface area contributed by atoms with E-state index in [-0.39, 0.29) is 0 Å². The number of alkyl halides is 3. The lowest BCUT2D eigenvalue weighted by molar-refractivity contribution is -0.137. The fourth-order valence-electron chi connectivity index (χ4n) is 2.28. The molecule has 1 saturated carbocycles. The molecule has 4 heteroatoms. The van der Waals surface area contributed by atoms with E-state index >= 15 is 0 Å². The number of nitrogens with one attached hydrogen (secondary N) is 1. The van der Waals surface area contributed by atoms with Gasteiger partial charge in [0.25, 0.3) is 0 Å². The topological polar surface area (TPSA) is 12.0 Å². The highest BCUT2D eigenvalue weighted by Gasteiger charge is 2.29. The van der Waals surface area contributed by atoms with Crippen molar-refractivity contribution in [2.24, 2.45) is 5.92 Å². The predicted molar refractivity (Wildman–Crippen MR) is 70.0 cm³/mol. The van der Waals surface area contributed by atoms with E-state index in [0.717, 1.165) is 18.5 Å². The van der Waals surface area contributed by atoms with Gasteiger partial charge in [0, 0.05) is 6.04 Å². The molecule has 1 atom stereocenters. The van der Waals surface area contributed by atoms with Crippen LogP contribution in [-0.4, -0.2) is 12.6 Å². The van der Waals surface area contributed by atoms with Crippen LogP contribution < -0.4 is 5.32 Å². The van der Waals surface area contributed by atoms with Crippen LogP contribution in [0.1, 0.15) is 37.3 Å². The lowest BCUT2D eigenvalue weighted by Gasteiger charge is -2.28. The van der Waals surface area contributed by atoms with Crippen molar-refractivity contribution >= 4 is 0 Å². The van der Waals surface area contributed by atoms with Gasteiger partial charge >= 0.3 is 6.18 Å². The molecule has 0 aromatic heterocycles. The van der Waals surface area contributed by atoms with E-state index in [0.29, 0.717) is 12.0 Å². The maximum absolute atomic E-state index is 12.4. The summed E-state index contributed by atoms with van der Waals surface area (Å²) in [4.78, 5) is 0. The molecule has 0 aliphatic heterocycles. The summed E-state index contributed by atoms with van der Waals surface area (Å²) >= 11 is 0. The molecule has 0 spiro atoms. The molecule has 0 amide bonds. The Morgan fingerprint density at radius 1 is 1.21 bits per heavy atom. The van der Waals surface area contributed by atoms with Crippen molar-refractivity contribution in [2.45, 2.75) is 44.8 Å². The van der Waals surface area contributed by atoms with Crippen molar-refractivity contribution in [1.29, 1.82) is 0 Å². The molecule has 0 heterocycles. The van der Waals surface area contributed by atoms with Gasteiger partial charge in [0.15, 0.2) is 0 Å². The second kappa shape index (κ2) is 5.95. The SMILES string of the molecule is CC(CNC1CCC1)Cc1ccc(C(F)(F)F)cc1. The predicted octanol–water partition coefficient (Wildman–Crippen LogP) is 4.03. The van der Waals surface area contributed by atoms with Crippen molar-refractivity contribution in [3.63, 3.8) is 0 Å². The third-order valence-corrected chi connectivity index (χ3v) is 3.73. The van der Waals surface area contributed by atoms with E-state index in [1.54, 1.807) is 12.1 Å². The van der Waals surface area contributed by atoms with E-state index in [4.69, 9.17) is 0 Å². The van der Waals surface area contributed by atoms with Gasteiger partial charge in [-0.15, -0.1) is 0 Å². The zero-order valence-electron chi connectivity index (χ0n) is 11.1. The van der Waals surface area contributed by atoms with E-state index < -0.39 is 11.7 Å². The van der Waals surface area contributed by atoms with Gasteiger partial charge < -0.3 is 5.32 Å². The molecule has 2 rings (SSSR count). The van der Waals surface area contributed by atoms with Gasteiger partial charge in [0.2, 0.25) is 0 Å². The quantitative estimate of drug-likeness (QED) is 0.852. The summed E-state index contributed by atoms with van der Waals surface area (Å²) in [5.74, 6) is 0.442. The first-order valence-corrected chi connectivity index (χ1v) is 6.84. The number of halogens is 3. The molecule has 0 radical (unpaired) electrons. The highest BCUT2D eigenvalue weighted by atomic mass is 19.4. The highest BCUT2D eigenvalue weighted by molar-refractivity contribution is 5.24. The van der Waals surface area contributed by atoms with Crippen molar-refractivity contribution in [3.8, 4) is 0 Å². The van der Waals surface area contributed by atoms with E-state index in [9.17, 15) is 13.2 Å². The van der Waals surface area contributed by atoms with Crippen LogP contribution >= 0.6 is 0 Å². The maximum Gasteiger partial charge on any atom is 0.416 e. The van der Waals surface area contributed by atoms with Crippen LogP contribution in [0.25, 0.3) is 0 Å². The summed E-state index contributed by atoms with van der Waals surface area (Å²) in [7, 11) is 0. The molecule has 1 aromatic rings. The standard InChI is InChI=1S/C15H20F3N/c1-11(10-19-14-3-2-4-14)9-12-5-7-13(8-6-12)15(16,17)18/h5-8,11,14,19H,2-4,9-10H2,1H3. The molecule has 1 N–H and O–H groups in total. The van der Waals surface area contributed by atoms with E-state index in [1.165, 1.54) is 31.4 Å². The lowest BCUT2D eigenvalue weighted by Crippen LogP contribution is -2.38. The number of hydrogen-bond acceptors (Lipinski definition) is 1. The molecule has 1 unspecified atom stereocenters. The lowest BCUT2D eigenvalue weighted by atomic mass is 9.92. The van der Waals surface area contributed by atoms with Gasteiger partial charge in [-0.25, -0.2) is 0 Å². The summed E-state index contributed by atoms with van der Waals surface area (Å²) in [6, 6.07) is 6.17. The van der Waals surface area contributed by atoms with Gasteiger partial charge in [-0.05, 0) is 49.4 Å². The van der Waals surface area contributed by atoms with Gasteiger partial charge in [-0.2, -0.15) is 13.2 Å². The monoisotopic (exact) mass is 271 g/mol. The molecule has 1 fully saturated rings. The van der Waals surface area contributed by atoms with Gasteiger partial charge in [-0.1, -0.05) is 25.5 Å². The fourth-order valence-corrected chi connectivity index (χ4v) is 2.28. The molecule has 1 aliphatic carbocycles. The molecule has 1 nitrogen and oxygen atoms in total. The summed E-state index contributed by atoms with van der Waals surface area (Å²) in [6.45, 7) is 3.06. The molecule has 1 aromatic carbocycles. The second-order valence-electron chi connectivity index (χ2n) is 5.54. The minimum absolute atomic E-state index is 0.442. The minimum Gasteiger partial charge on any atom is -0.314 e. The first-order valence-electron chi connectivity index (χ1n) is 6.84. The number of rotatable bonds is 5. The molecule has 19 heavy (non-hydrogen) atoms. The minimum atomic E-state index is -4.24. The summed E-state index contributed by atoms with van der Waals surface area (Å²) < 4.78 is 37.3. The Bertz CT molecular complexity index is 393. The number of hydrogen-bond donors (Lipinski definition) is 1. The third kappa shape index (κ3) is 4.23. The Morgan fingerprint density at radius 2 is 1.84 bits per heavy atom. The smallest absolute Gasteiger partial charge is 0.314 e. The van der Waals surface area contributed by atoms with Crippen molar-refractivity contribution in [2.75, 3.05) is 6.54 Å². The Morgan fingerprint density at radius 3 is 2.32 bits per heavy atom. The molecule has 0 bridgehead atoms. The fraction of sp³-hybridized carbons (Fsp3) is 0.600. The largest absolute Gasteiger partial charge is 0.416 e. The zero-order chi connectivity index (χ0) is 13.9. The Hall–Kier alpha value is -1.03. The summed E-state index contributed by atoms with van der Waals surface area (Å²) in [5.41, 5.74) is 0.396. The van der Waals surface area contributed by atoms with Crippen LogP contribution in [0.4, 0.5) is 13.2 Å². The van der Waals surface area contributed by atoms with Crippen LogP contribution in [0.2, 0.25) is 0 Å². The first kappa shape index (κ1) is 14.4. The summed E-state index contributed by atoms with van der Waals surface area (Å²) in [5, 5.41) is 3.49. The van der Waals surface area contributed by atoms with Gasteiger partial charge in [0.05, 0.1) is 5.56 Å². The molecule has 106 valence electrons. The van der Waals surface area contributed by atoms with Gasteiger partial charge in [-0.3, -0.25) is 0 Å². The Kier molecular flexibility index (Phi) is 4.50. The van der Waals surface area contributed by atoms with E-state index in [2.05, 4.69) is 12.2 Å².